The van der Waals surface area contributed by atoms with Gasteiger partial charge in [0.25, 0.3) is 0 Å². The van der Waals surface area contributed by atoms with E-state index in [0.29, 0.717) is 12.0 Å². The fraction of sp³-hybridized carbons (Fsp3) is 1.00. The number of hydrogen-bond acceptors (Lipinski definition) is 3. The van der Waals surface area contributed by atoms with E-state index in [1.54, 1.807) is 0 Å². The van der Waals surface area contributed by atoms with Crippen LogP contribution in [0.3, 0.4) is 0 Å². The van der Waals surface area contributed by atoms with Gasteiger partial charge in [0, 0.05) is 18.5 Å². The first-order valence-electron chi connectivity index (χ1n) is 6.07. The summed E-state index contributed by atoms with van der Waals surface area (Å²) in [7, 11) is 0. The zero-order valence-electron chi connectivity index (χ0n) is 9.63. The lowest BCUT2D eigenvalue weighted by Gasteiger charge is -2.26. The van der Waals surface area contributed by atoms with E-state index in [4.69, 9.17) is 10.2 Å². The Labute approximate surface area is 91.9 Å². The molecule has 0 spiro atoms. The van der Waals surface area contributed by atoms with Crippen LogP contribution in [0.4, 0.5) is 0 Å². The van der Waals surface area contributed by atoms with Gasteiger partial charge >= 0.3 is 0 Å². The number of rotatable bonds is 7. The molecule has 0 radical (unpaired) electrons. The number of aliphatic hydroxyl groups is 2. The van der Waals surface area contributed by atoms with Crippen molar-refractivity contribution in [1.29, 1.82) is 0 Å². The summed E-state index contributed by atoms with van der Waals surface area (Å²) >= 11 is 0. The lowest BCUT2D eigenvalue weighted by molar-refractivity contribution is 0.0683. The van der Waals surface area contributed by atoms with Crippen molar-refractivity contribution in [3.63, 3.8) is 0 Å². The Morgan fingerprint density at radius 2 is 1.87 bits per heavy atom. The average Bonchev–Trinajstić information content (AvgIpc) is 3.08. The molecular weight excluding hydrogens is 190 g/mol. The highest BCUT2D eigenvalue weighted by atomic mass is 16.3. The van der Waals surface area contributed by atoms with Crippen molar-refractivity contribution < 1.29 is 10.2 Å². The van der Waals surface area contributed by atoms with Crippen molar-refractivity contribution in [3.8, 4) is 0 Å². The summed E-state index contributed by atoms with van der Waals surface area (Å²) in [4.78, 5) is 0. The number of hydrogen-bond donors (Lipinski definition) is 3. The van der Waals surface area contributed by atoms with Crippen molar-refractivity contribution in [2.75, 3.05) is 26.3 Å². The van der Waals surface area contributed by atoms with Crippen molar-refractivity contribution >= 4 is 0 Å². The molecule has 0 aliphatic heterocycles. The van der Waals surface area contributed by atoms with Crippen molar-refractivity contribution in [2.24, 2.45) is 16.7 Å². The standard InChI is InChI=1S/C12H23NO2/c1-11(8-14,9-15)6-13-7-12(4-5-12)10-2-3-10/h10,13-15H,2-9H2,1H3. The Morgan fingerprint density at radius 3 is 2.27 bits per heavy atom. The molecular formula is C12H23NO2. The van der Waals surface area contributed by atoms with Crippen LogP contribution in [0.1, 0.15) is 32.6 Å². The van der Waals surface area contributed by atoms with E-state index in [1.807, 2.05) is 6.92 Å². The van der Waals surface area contributed by atoms with Crippen molar-refractivity contribution in [3.05, 3.63) is 0 Å². The van der Waals surface area contributed by atoms with Gasteiger partial charge in [-0.25, -0.2) is 0 Å². The third-order valence-electron chi connectivity index (χ3n) is 4.13. The minimum absolute atomic E-state index is 0.0485. The van der Waals surface area contributed by atoms with Crippen LogP contribution in [0.2, 0.25) is 0 Å². The SMILES string of the molecule is CC(CO)(CO)CNCC1(C2CC2)CC1. The Hall–Kier alpha value is -0.120. The smallest absolute Gasteiger partial charge is 0.0518 e. The molecule has 2 saturated carbocycles. The molecule has 0 aromatic rings. The van der Waals surface area contributed by atoms with E-state index in [0.717, 1.165) is 12.5 Å². The van der Waals surface area contributed by atoms with Crippen LogP contribution in [-0.4, -0.2) is 36.5 Å². The van der Waals surface area contributed by atoms with Gasteiger partial charge in [0.05, 0.1) is 13.2 Å². The monoisotopic (exact) mass is 213 g/mol. The Bertz CT molecular complexity index is 216. The fourth-order valence-corrected chi connectivity index (χ4v) is 2.36. The van der Waals surface area contributed by atoms with Gasteiger partial charge in [0.15, 0.2) is 0 Å². The van der Waals surface area contributed by atoms with Gasteiger partial charge in [-0.05, 0) is 37.0 Å². The Balaban J connectivity index is 1.70. The summed E-state index contributed by atoms with van der Waals surface area (Å²) in [6.45, 7) is 3.80. The van der Waals surface area contributed by atoms with Gasteiger partial charge < -0.3 is 15.5 Å². The van der Waals surface area contributed by atoms with Crippen molar-refractivity contribution in [2.45, 2.75) is 32.6 Å². The molecule has 3 nitrogen and oxygen atoms in total. The van der Waals surface area contributed by atoms with E-state index in [9.17, 15) is 0 Å². The second-order valence-corrected chi connectivity index (χ2v) is 5.87. The first-order chi connectivity index (χ1) is 7.14. The highest BCUT2D eigenvalue weighted by Gasteiger charge is 2.53. The van der Waals surface area contributed by atoms with Crippen LogP contribution in [-0.2, 0) is 0 Å². The van der Waals surface area contributed by atoms with Crippen LogP contribution in [0.25, 0.3) is 0 Å². The molecule has 0 amide bonds. The van der Waals surface area contributed by atoms with Crippen LogP contribution in [0, 0.1) is 16.7 Å². The van der Waals surface area contributed by atoms with Gasteiger partial charge in [-0.3, -0.25) is 0 Å². The van der Waals surface area contributed by atoms with Gasteiger partial charge in [-0.15, -0.1) is 0 Å². The lowest BCUT2D eigenvalue weighted by Crippen LogP contribution is -2.40. The van der Waals surface area contributed by atoms with Gasteiger partial charge in [0.1, 0.15) is 0 Å². The quantitative estimate of drug-likeness (QED) is 0.585. The zero-order chi connectivity index (χ0) is 10.9. The molecule has 3 N–H and O–H groups in total. The van der Waals surface area contributed by atoms with Crippen LogP contribution in [0.5, 0.6) is 0 Å². The topological polar surface area (TPSA) is 52.5 Å². The molecule has 2 aliphatic rings. The molecule has 0 atom stereocenters. The summed E-state index contributed by atoms with van der Waals surface area (Å²) in [5.74, 6) is 0.972. The van der Waals surface area contributed by atoms with Gasteiger partial charge in [0.2, 0.25) is 0 Å². The first kappa shape index (κ1) is 11.4. The fourth-order valence-electron chi connectivity index (χ4n) is 2.36. The average molecular weight is 213 g/mol. The molecule has 2 aliphatic carbocycles. The molecule has 0 aromatic heterocycles. The zero-order valence-corrected chi connectivity index (χ0v) is 9.63. The first-order valence-corrected chi connectivity index (χ1v) is 6.07. The van der Waals surface area contributed by atoms with Crippen LogP contribution in [0.15, 0.2) is 0 Å². The molecule has 2 fully saturated rings. The molecule has 2 rings (SSSR count). The molecule has 0 unspecified atom stereocenters. The van der Waals surface area contributed by atoms with E-state index in [2.05, 4.69) is 5.32 Å². The Kier molecular flexibility index (Phi) is 3.06. The minimum Gasteiger partial charge on any atom is -0.396 e. The van der Waals surface area contributed by atoms with Crippen LogP contribution < -0.4 is 5.32 Å². The van der Waals surface area contributed by atoms with Gasteiger partial charge in [-0.1, -0.05) is 6.92 Å². The van der Waals surface area contributed by atoms with E-state index < -0.39 is 0 Å². The summed E-state index contributed by atoms with van der Waals surface area (Å²) in [6.07, 6.45) is 5.58. The third-order valence-corrected chi connectivity index (χ3v) is 4.13. The summed E-state index contributed by atoms with van der Waals surface area (Å²) < 4.78 is 0. The van der Waals surface area contributed by atoms with Crippen molar-refractivity contribution in [1.82, 2.24) is 5.32 Å². The van der Waals surface area contributed by atoms with E-state index in [-0.39, 0.29) is 18.6 Å². The molecule has 0 bridgehead atoms. The molecule has 0 saturated heterocycles. The second-order valence-electron chi connectivity index (χ2n) is 5.87. The molecule has 88 valence electrons. The normalized spacial score (nSPS) is 24.2. The predicted octanol–water partition coefficient (Wildman–Crippen LogP) is 0.757. The highest BCUT2D eigenvalue weighted by molar-refractivity contribution is 5.05. The predicted molar refractivity (Wildman–Crippen MR) is 59.5 cm³/mol. The number of aliphatic hydroxyl groups excluding tert-OH is 2. The molecule has 0 aromatic carbocycles. The Morgan fingerprint density at radius 1 is 1.27 bits per heavy atom. The highest BCUT2D eigenvalue weighted by Crippen LogP contribution is 2.60. The lowest BCUT2D eigenvalue weighted by atomic mass is 9.92. The summed E-state index contributed by atoms with van der Waals surface area (Å²) in [6, 6.07) is 0. The molecule has 0 heterocycles. The maximum Gasteiger partial charge on any atom is 0.0518 e. The largest absolute Gasteiger partial charge is 0.396 e. The summed E-state index contributed by atoms with van der Waals surface area (Å²) in [5, 5.41) is 21.7. The maximum absolute atomic E-state index is 9.15. The number of nitrogens with one attached hydrogen (secondary N) is 1. The van der Waals surface area contributed by atoms with E-state index >= 15 is 0 Å². The van der Waals surface area contributed by atoms with E-state index in [1.165, 1.54) is 25.7 Å². The van der Waals surface area contributed by atoms with Gasteiger partial charge in [-0.2, -0.15) is 0 Å². The summed E-state index contributed by atoms with van der Waals surface area (Å²) in [5.41, 5.74) is 0.242. The minimum atomic E-state index is -0.361. The second kappa shape index (κ2) is 4.04. The molecule has 3 heteroatoms. The third kappa shape index (κ3) is 2.52. The van der Waals surface area contributed by atoms with Crippen LogP contribution >= 0.6 is 0 Å². The molecule has 15 heavy (non-hydrogen) atoms. The maximum atomic E-state index is 9.15.